The molecule has 72 valence electrons. The van der Waals surface area contributed by atoms with E-state index in [2.05, 4.69) is 4.74 Å². The molecular formula is C8H16FNO2. The van der Waals surface area contributed by atoms with Crippen LogP contribution >= 0.6 is 0 Å². The summed E-state index contributed by atoms with van der Waals surface area (Å²) < 4.78 is 17.5. The Labute approximate surface area is 72.1 Å². The molecule has 0 radical (unpaired) electrons. The lowest BCUT2D eigenvalue weighted by Crippen LogP contribution is -2.24. The molecule has 0 spiro atoms. The van der Waals surface area contributed by atoms with Crippen LogP contribution in [0.1, 0.15) is 27.2 Å². The molecule has 3 nitrogen and oxygen atoms in total. The molecule has 0 aromatic carbocycles. The molecule has 0 fully saturated rings. The van der Waals surface area contributed by atoms with Gasteiger partial charge in [-0.2, -0.15) is 0 Å². The third-order valence-electron chi connectivity index (χ3n) is 1.56. The van der Waals surface area contributed by atoms with Gasteiger partial charge in [0, 0.05) is 6.42 Å². The Morgan fingerprint density at radius 3 is 2.42 bits per heavy atom. The summed E-state index contributed by atoms with van der Waals surface area (Å²) in [6, 6.07) is 0. The van der Waals surface area contributed by atoms with Crippen LogP contribution in [0.2, 0.25) is 0 Å². The Hall–Kier alpha value is -0.800. The molecule has 0 heterocycles. The maximum absolute atomic E-state index is 13.1. The SMILES string of the molecule is CC(C)(C)C(F)CCOC(N)=O. The number of hydrogen-bond donors (Lipinski definition) is 1. The minimum absolute atomic E-state index is 0.0494. The molecule has 0 aliphatic carbocycles. The summed E-state index contributed by atoms with van der Waals surface area (Å²) in [7, 11) is 0. The van der Waals surface area contributed by atoms with Gasteiger partial charge in [-0.25, -0.2) is 9.18 Å². The Kier molecular flexibility index (Phi) is 4.00. The molecule has 1 amide bonds. The predicted octanol–water partition coefficient (Wildman–Crippen LogP) is 1.86. The van der Waals surface area contributed by atoms with Crippen molar-refractivity contribution < 1.29 is 13.9 Å². The molecule has 1 atom stereocenters. The first-order valence-corrected chi connectivity index (χ1v) is 3.90. The second-order valence-electron chi connectivity index (χ2n) is 3.79. The lowest BCUT2D eigenvalue weighted by atomic mass is 9.89. The molecule has 1 unspecified atom stereocenters. The van der Waals surface area contributed by atoms with Crippen molar-refractivity contribution in [2.24, 2.45) is 11.1 Å². The van der Waals surface area contributed by atoms with Crippen molar-refractivity contribution in [1.29, 1.82) is 0 Å². The molecular weight excluding hydrogens is 161 g/mol. The third kappa shape index (κ3) is 4.93. The van der Waals surface area contributed by atoms with Crippen molar-refractivity contribution in [3.8, 4) is 0 Å². The van der Waals surface area contributed by atoms with Gasteiger partial charge >= 0.3 is 6.09 Å². The molecule has 0 saturated carbocycles. The average molecular weight is 177 g/mol. The number of hydrogen-bond acceptors (Lipinski definition) is 2. The van der Waals surface area contributed by atoms with Crippen LogP contribution in [0, 0.1) is 5.41 Å². The van der Waals surface area contributed by atoms with Crippen molar-refractivity contribution in [1.82, 2.24) is 0 Å². The van der Waals surface area contributed by atoms with E-state index in [1.54, 1.807) is 20.8 Å². The average Bonchev–Trinajstić information content (AvgIpc) is 1.84. The zero-order valence-electron chi connectivity index (χ0n) is 7.76. The molecule has 0 bridgehead atoms. The Bertz CT molecular complexity index is 154. The number of alkyl halides is 1. The summed E-state index contributed by atoms with van der Waals surface area (Å²) in [5.74, 6) is 0. The fraction of sp³-hybridized carbons (Fsp3) is 0.875. The zero-order valence-corrected chi connectivity index (χ0v) is 7.76. The number of halogens is 1. The highest BCUT2D eigenvalue weighted by molar-refractivity contribution is 5.64. The van der Waals surface area contributed by atoms with Crippen molar-refractivity contribution in [2.45, 2.75) is 33.4 Å². The largest absolute Gasteiger partial charge is 0.450 e. The Morgan fingerprint density at radius 1 is 1.58 bits per heavy atom. The summed E-state index contributed by atoms with van der Waals surface area (Å²) in [5, 5.41) is 0. The lowest BCUT2D eigenvalue weighted by molar-refractivity contribution is 0.104. The fourth-order valence-corrected chi connectivity index (χ4v) is 0.696. The molecule has 0 aliphatic heterocycles. The monoisotopic (exact) mass is 177 g/mol. The Morgan fingerprint density at radius 2 is 2.08 bits per heavy atom. The highest BCUT2D eigenvalue weighted by Crippen LogP contribution is 2.24. The molecule has 0 aliphatic rings. The minimum Gasteiger partial charge on any atom is -0.450 e. The number of carbonyl (C=O) groups is 1. The first-order chi connectivity index (χ1) is 5.34. The third-order valence-corrected chi connectivity index (χ3v) is 1.56. The highest BCUT2D eigenvalue weighted by atomic mass is 19.1. The molecule has 0 saturated heterocycles. The second kappa shape index (κ2) is 4.28. The van der Waals surface area contributed by atoms with Gasteiger partial charge in [0.25, 0.3) is 0 Å². The minimum atomic E-state index is -0.975. The van der Waals surface area contributed by atoms with E-state index in [9.17, 15) is 9.18 Å². The first-order valence-electron chi connectivity index (χ1n) is 3.90. The van der Waals surface area contributed by atoms with Gasteiger partial charge in [-0.3, -0.25) is 0 Å². The van der Waals surface area contributed by atoms with Crippen LogP contribution in [-0.2, 0) is 4.74 Å². The number of ether oxygens (including phenoxy) is 1. The van der Waals surface area contributed by atoms with Gasteiger partial charge < -0.3 is 10.5 Å². The molecule has 0 aromatic rings. The fourth-order valence-electron chi connectivity index (χ4n) is 0.696. The maximum atomic E-state index is 13.1. The van der Waals surface area contributed by atoms with Crippen LogP contribution in [0.4, 0.5) is 9.18 Å². The van der Waals surface area contributed by atoms with Crippen molar-refractivity contribution in [2.75, 3.05) is 6.61 Å². The van der Waals surface area contributed by atoms with Crippen LogP contribution in [0.5, 0.6) is 0 Å². The number of nitrogens with two attached hydrogens (primary N) is 1. The van der Waals surface area contributed by atoms with E-state index >= 15 is 0 Å². The summed E-state index contributed by atoms with van der Waals surface area (Å²) in [5.41, 5.74) is 4.30. The molecule has 2 N–H and O–H groups in total. The van der Waals surface area contributed by atoms with Crippen LogP contribution in [0.15, 0.2) is 0 Å². The van der Waals surface area contributed by atoms with Crippen LogP contribution in [0.25, 0.3) is 0 Å². The molecule has 0 aromatic heterocycles. The second-order valence-corrected chi connectivity index (χ2v) is 3.79. The van der Waals surface area contributed by atoms with E-state index in [0.717, 1.165) is 0 Å². The first kappa shape index (κ1) is 11.2. The van der Waals surface area contributed by atoms with Gasteiger partial charge in [0.15, 0.2) is 0 Å². The topological polar surface area (TPSA) is 52.3 Å². The van der Waals surface area contributed by atoms with E-state index in [-0.39, 0.29) is 13.0 Å². The van der Waals surface area contributed by atoms with Gasteiger partial charge in [-0.05, 0) is 5.41 Å². The Balaban J connectivity index is 3.58. The van der Waals surface area contributed by atoms with E-state index < -0.39 is 17.7 Å². The number of carbonyl (C=O) groups excluding carboxylic acids is 1. The van der Waals surface area contributed by atoms with E-state index in [1.165, 1.54) is 0 Å². The summed E-state index contributed by atoms with van der Waals surface area (Å²) >= 11 is 0. The van der Waals surface area contributed by atoms with Gasteiger partial charge in [0.2, 0.25) is 0 Å². The molecule has 0 rings (SSSR count). The molecule has 12 heavy (non-hydrogen) atoms. The highest BCUT2D eigenvalue weighted by Gasteiger charge is 2.23. The van der Waals surface area contributed by atoms with E-state index in [4.69, 9.17) is 5.73 Å². The smallest absolute Gasteiger partial charge is 0.404 e. The van der Waals surface area contributed by atoms with E-state index in [1.807, 2.05) is 0 Å². The maximum Gasteiger partial charge on any atom is 0.404 e. The quantitative estimate of drug-likeness (QED) is 0.715. The number of rotatable bonds is 3. The van der Waals surface area contributed by atoms with E-state index in [0.29, 0.717) is 0 Å². The van der Waals surface area contributed by atoms with Crippen molar-refractivity contribution in [3.63, 3.8) is 0 Å². The predicted molar refractivity (Wildman–Crippen MR) is 44.5 cm³/mol. The standard InChI is InChI=1S/C8H16FNO2/c1-8(2,3)6(9)4-5-12-7(10)11/h6H,4-5H2,1-3H3,(H2,10,11). The summed E-state index contributed by atoms with van der Waals surface area (Å²) in [4.78, 5) is 10.1. The van der Waals surface area contributed by atoms with Crippen LogP contribution in [0.3, 0.4) is 0 Å². The van der Waals surface area contributed by atoms with Crippen molar-refractivity contribution >= 4 is 6.09 Å². The van der Waals surface area contributed by atoms with Gasteiger partial charge in [0.05, 0.1) is 6.61 Å². The summed E-state index contributed by atoms with van der Waals surface area (Å²) in [6.07, 6.45) is -1.63. The van der Waals surface area contributed by atoms with Crippen LogP contribution in [-0.4, -0.2) is 18.9 Å². The van der Waals surface area contributed by atoms with Crippen molar-refractivity contribution in [3.05, 3.63) is 0 Å². The lowest BCUT2D eigenvalue weighted by Gasteiger charge is -2.22. The van der Waals surface area contributed by atoms with Crippen LogP contribution < -0.4 is 5.73 Å². The normalized spacial score (nSPS) is 14.0. The summed E-state index contributed by atoms with van der Waals surface area (Å²) in [6.45, 7) is 5.43. The van der Waals surface area contributed by atoms with Gasteiger partial charge in [0.1, 0.15) is 6.17 Å². The number of primary amides is 1. The number of amides is 1. The van der Waals surface area contributed by atoms with Gasteiger partial charge in [-0.15, -0.1) is 0 Å². The van der Waals surface area contributed by atoms with Gasteiger partial charge in [-0.1, -0.05) is 20.8 Å². The zero-order chi connectivity index (χ0) is 9.78. The molecule has 4 heteroatoms.